The monoisotopic (exact) mass is 536 g/mol. The van der Waals surface area contributed by atoms with Crippen LogP contribution < -0.4 is 10.2 Å². The van der Waals surface area contributed by atoms with Crippen LogP contribution in [0.4, 0.5) is 0 Å². The van der Waals surface area contributed by atoms with Crippen molar-refractivity contribution in [3.8, 4) is 5.75 Å². The van der Waals surface area contributed by atoms with E-state index in [-0.39, 0.29) is 24.3 Å². The number of nitrogens with zero attached hydrogens (tertiary/aromatic N) is 1. The van der Waals surface area contributed by atoms with Gasteiger partial charge in [-0.1, -0.05) is 92.7 Å². The highest BCUT2D eigenvalue weighted by molar-refractivity contribution is 5.97. The van der Waals surface area contributed by atoms with Gasteiger partial charge in [-0.2, -0.15) is 0 Å². The first-order valence-electron chi connectivity index (χ1n) is 13.6. The maximum absolute atomic E-state index is 13.8. The molecule has 0 saturated carbocycles. The van der Waals surface area contributed by atoms with Crippen molar-refractivity contribution >= 4 is 11.8 Å². The first kappa shape index (κ1) is 28.6. The van der Waals surface area contributed by atoms with Crippen LogP contribution in [0, 0.1) is 0 Å². The standard InChI is InChI=1S/C34H36N2O4/c1-4-36(22-26-15-17-29(18-16-26)33(37)35-40-24-28-13-9-6-10-14-28)34(38)31-21-30(25(2)3)19-20-32(31)39-23-27-11-7-5-8-12-27/h5-21,25H,4,22-24H2,1-3H3,(H,35,37). The van der Waals surface area contributed by atoms with Crippen LogP contribution in [0.2, 0.25) is 0 Å². The summed E-state index contributed by atoms with van der Waals surface area (Å²) in [5, 5.41) is 0. The van der Waals surface area contributed by atoms with E-state index < -0.39 is 0 Å². The van der Waals surface area contributed by atoms with Crippen LogP contribution in [0.1, 0.15) is 69.7 Å². The molecule has 2 amide bonds. The summed E-state index contributed by atoms with van der Waals surface area (Å²) in [5.41, 5.74) is 7.52. The molecule has 0 saturated heterocycles. The molecule has 0 atom stereocenters. The highest BCUT2D eigenvalue weighted by atomic mass is 16.6. The zero-order chi connectivity index (χ0) is 28.3. The minimum absolute atomic E-state index is 0.0933. The molecule has 0 aromatic heterocycles. The molecular weight excluding hydrogens is 500 g/mol. The number of rotatable bonds is 12. The highest BCUT2D eigenvalue weighted by Crippen LogP contribution is 2.27. The number of hydroxylamine groups is 1. The molecule has 1 N–H and O–H groups in total. The fraction of sp³-hybridized carbons (Fsp3) is 0.235. The van der Waals surface area contributed by atoms with E-state index in [1.807, 2.05) is 97.9 Å². The van der Waals surface area contributed by atoms with Gasteiger partial charge in [0.05, 0.1) is 12.2 Å². The number of benzene rings is 4. The van der Waals surface area contributed by atoms with Crippen LogP contribution in [0.3, 0.4) is 0 Å². The second kappa shape index (κ2) is 14.1. The number of carbonyl (C=O) groups is 2. The van der Waals surface area contributed by atoms with E-state index in [1.165, 1.54) is 0 Å². The van der Waals surface area contributed by atoms with Crippen LogP contribution in [-0.4, -0.2) is 23.3 Å². The third-order valence-corrected chi connectivity index (χ3v) is 6.64. The van der Waals surface area contributed by atoms with Crippen LogP contribution in [-0.2, 0) is 24.6 Å². The fourth-order valence-electron chi connectivity index (χ4n) is 4.23. The van der Waals surface area contributed by atoms with Crippen molar-refractivity contribution < 1.29 is 19.2 Å². The Kier molecular flexibility index (Phi) is 10.1. The van der Waals surface area contributed by atoms with E-state index in [4.69, 9.17) is 9.57 Å². The normalized spacial score (nSPS) is 10.8. The number of ether oxygens (including phenoxy) is 1. The van der Waals surface area contributed by atoms with Gasteiger partial charge in [-0.15, -0.1) is 0 Å². The molecule has 0 aliphatic heterocycles. The number of hydrogen-bond donors (Lipinski definition) is 1. The molecule has 206 valence electrons. The Morgan fingerprint density at radius 3 is 2.00 bits per heavy atom. The van der Waals surface area contributed by atoms with Crippen molar-refractivity contribution in [1.29, 1.82) is 0 Å². The van der Waals surface area contributed by atoms with Crippen LogP contribution in [0.25, 0.3) is 0 Å². The Labute approximate surface area is 236 Å². The molecule has 0 heterocycles. The van der Waals surface area contributed by atoms with E-state index in [0.717, 1.165) is 22.3 Å². The number of nitrogens with one attached hydrogen (secondary N) is 1. The van der Waals surface area contributed by atoms with Crippen molar-refractivity contribution in [2.75, 3.05) is 6.54 Å². The van der Waals surface area contributed by atoms with Gasteiger partial charge in [0.25, 0.3) is 11.8 Å². The molecule has 6 heteroatoms. The summed E-state index contributed by atoms with van der Waals surface area (Å²) >= 11 is 0. The van der Waals surface area contributed by atoms with E-state index in [9.17, 15) is 9.59 Å². The van der Waals surface area contributed by atoms with Gasteiger partial charge in [0.15, 0.2) is 0 Å². The first-order valence-corrected chi connectivity index (χ1v) is 13.6. The average molecular weight is 537 g/mol. The van der Waals surface area contributed by atoms with Crippen molar-refractivity contribution in [2.45, 2.75) is 46.4 Å². The van der Waals surface area contributed by atoms with Gasteiger partial charge in [0, 0.05) is 18.7 Å². The minimum Gasteiger partial charge on any atom is -0.488 e. The van der Waals surface area contributed by atoms with E-state index in [1.54, 1.807) is 17.0 Å². The maximum atomic E-state index is 13.8. The second-order valence-corrected chi connectivity index (χ2v) is 9.91. The number of amides is 2. The summed E-state index contributed by atoms with van der Waals surface area (Å²) in [6.45, 7) is 7.77. The van der Waals surface area contributed by atoms with E-state index >= 15 is 0 Å². The zero-order valence-electron chi connectivity index (χ0n) is 23.3. The second-order valence-electron chi connectivity index (χ2n) is 9.91. The van der Waals surface area contributed by atoms with Gasteiger partial charge >= 0.3 is 0 Å². The lowest BCUT2D eigenvalue weighted by Crippen LogP contribution is -2.31. The average Bonchev–Trinajstić information content (AvgIpc) is 2.99. The Hall–Kier alpha value is -4.42. The van der Waals surface area contributed by atoms with Gasteiger partial charge in [-0.25, -0.2) is 5.48 Å². The van der Waals surface area contributed by atoms with E-state index in [0.29, 0.717) is 36.6 Å². The number of carbonyl (C=O) groups excluding carboxylic acids is 2. The third-order valence-electron chi connectivity index (χ3n) is 6.64. The summed E-state index contributed by atoms with van der Waals surface area (Å²) in [5.74, 6) is 0.431. The van der Waals surface area contributed by atoms with Gasteiger partial charge in [-0.05, 0) is 59.4 Å². The molecule has 0 bridgehead atoms. The largest absolute Gasteiger partial charge is 0.488 e. The molecular formula is C34H36N2O4. The Bertz CT molecular complexity index is 1390. The highest BCUT2D eigenvalue weighted by Gasteiger charge is 2.21. The summed E-state index contributed by atoms with van der Waals surface area (Å²) in [6, 6.07) is 32.6. The van der Waals surface area contributed by atoms with Gasteiger partial charge < -0.3 is 9.64 Å². The Morgan fingerprint density at radius 1 is 0.775 bits per heavy atom. The van der Waals surface area contributed by atoms with Gasteiger partial charge in [0.2, 0.25) is 0 Å². The summed E-state index contributed by atoms with van der Waals surface area (Å²) < 4.78 is 6.12. The van der Waals surface area contributed by atoms with E-state index in [2.05, 4.69) is 19.3 Å². The summed E-state index contributed by atoms with van der Waals surface area (Å²) in [6.07, 6.45) is 0. The molecule has 6 nitrogen and oxygen atoms in total. The quantitative estimate of drug-likeness (QED) is 0.200. The van der Waals surface area contributed by atoms with Crippen molar-refractivity contribution in [1.82, 2.24) is 10.4 Å². The lowest BCUT2D eigenvalue weighted by molar-refractivity contribution is 0.0233. The SMILES string of the molecule is CCN(Cc1ccc(C(=O)NOCc2ccccc2)cc1)C(=O)c1cc(C(C)C)ccc1OCc1ccccc1. The molecule has 40 heavy (non-hydrogen) atoms. The maximum Gasteiger partial charge on any atom is 0.274 e. The molecule has 0 spiro atoms. The first-order chi connectivity index (χ1) is 19.4. The molecule has 4 rings (SSSR count). The van der Waals surface area contributed by atoms with Crippen molar-refractivity contribution in [2.24, 2.45) is 0 Å². The predicted molar refractivity (Wildman–Crippen MR) is 157 cm³/mol. The molecule has 0 aliphatic carbocycles. The van der Waals surface area contributed by atoms with Crippen molar-refractivity contribution in [3.63, 3.8) is 0 Å². The van der Waals surface area contributed by atoms with Crippen molar-refractivity contribution in [3.05, 3.63) is 137 Å². The van der Waals surface area contributed by atoms with Crippen LogP contribution in [0.5, 0.6) is 5.75 Å². The molecule has 0 radical (unpaired) electrons. The zero-order valence-corrected chi connectivity index (χ0v) is 23.3. The van der Waals surface area contributed by atoms with Crippen LogP contribution in [0.15, 0.2) is 103 Å². The Balaban J connectivity index is 1.42. The number of hydrogen-bond acceptors (Lipinski definition) is 4. The summed E-state index contributed by atoms with van der Waals surface area (Å²) in [7, 11) is 0. The molecule has 4 aromatic carbocycles. The Morgan fingerprint density at radius 2 is 1.40 bits per heavy atom. The fourth-order valence-corrected chi connectivity index (χ4v) is 4.23. The topological polar surface area (TPSA) is 67.9 Å². The van der Waals surface area contributed by atoms with Crippen LogP contribution >= 0.6 is 0 Å². The summed E-state index contributed by atoms with van der Waals surface area (Å²) in [4.78, 5) is 33.4. The van der Waals surface area contributed by atoms with Gasteiger partial charge in [0.1, 0.15) is 12.4 Å². The molecule has 0 unspecified atom stereocenters. The third kappa shape index (κ3) is 7.80. The molecule has 4 aromatic rings. The molecule has 0 aliphatic rings. The lowest BCUT2D eigenvalue weighted by atomic mass is 9.99. The minimum atomic E-state index is -0.323. The van der Waals surface area contributed by atoms with Gasteiger partial charge in [-0.3, -0.25) is 14.4 Å². The molecule has 0 fully saturated rings. The smallest absolute Gasteiger partial charge is 0.274 e. The predicted octanol–water partition coefficient (Wildman–Crippen LogP) is 6.91. The lowest BCUT2D eigenvalue weighted by Gasteiger charge is -2.23.